The summed E-state index contributed by atoms with van der Waals surface area (Å²) in [5.41, 5.74) is 2.60. The number of nitrogens with zero attached hydrogens (tertiary/aromatic N) is 5. The zero-order valence-electron chi connectivity index (χ0n) is 21.3. The van der Waals surface area contributed by atoms with Crippen molar-refractivity contribution < 1.29 is 9.53 Å². The summed E-state index contributed by atoms with van der Waals surface area (Å²) < 4.78 is 13.9. The van der Waals surface area contributed by atoms with Crippen LogP contribution in [0.25, 0.3) is 15.8 Å². The molecule has 1 aliphatic carbocycles. The highest BCUT2D eigenvalue weighted by Crippen LogP contribution is 2.43. The number of hydrogen-bond acceptors (Lipinski definition) is 6. The maximum absolute atomic E-state index is 13.0. The zero-order valence-corrected chi connectivity index (χ0v) is 22.8. The predicted octanol–water partition coefficient (Wildman–Crippen LogP) is 7.22. The minimum absolute atomic E-state index is 0.291. The second kappa shape index (κ2) is 9.40. The molecular formula is C28H30ClN5O2S. The van der Waals surface area contributed by atoms with E-state index < -0.39 is 5.60 Å². The molecule has 0 saturated heterocycles. The van der Waals surface area contributed by atoms with Crippen molar-refractivity contribution in [3.8, 4) is 5.69 Å². The van der Waals surface area contributed by atoms with Crippen molar-refractivity contribution in [2.75, 3.05) is 0 Å². The summed E-state index contributed by atoms with van der Waals surface area (Å²) in [6, 6.07) is 14.3. The first-order valence-electron chi connectivity index (χ1n) is 12.8. The van der Waals surface area contributed by atoms with Gasteiger partial charge in [-0.15, -0.1) is 10.2 Å². The van der Waals surface area contributed by atoms with Crippen molar-refractivity contribution >= 4 is 39.3 Å². The summed E-state index contributed by atoms with van der Waals surface area (Å²) in [4.78, 5) is 14.7. The quantitative estimate of drug-likeness (QED) is 0.271. The van der Waals surface area contributed by atoms with Crippen molar-refractivity contribution in [1.82, 2.24) is 24.0 Å². The second-order valence-corrected chi connectivity index (χ2v) is 12.3. The third kappa shape index (κ3) is 4.73. The number of amides is 1. The van der Waals surface area contributed by atoms with Gasteiger partial charge in [0.25, 0.3) is 0 Å². The average Bonchev–Trinajstić information content (AvgIpc) is 3.43. The molecule has 0 N–H and O–H groups in total. The number of rotatable bonds is 2. The van der Waals surface area contributed by atoms with Gasteiger partial charge in [0.1, 0.15) is 11.4 Å². The molecule has 1 aliphatic heterocycles. The largest absolute Gasteiger partial charge is 0.444 e. The molecule has 9 heteroatoms. The molecule has 2 aromatic carbocycles. The van der Waals surface area contributed by atoms with E-state index in [1.807, 2.05) is 39.0 Å². The fraction of sp³-hybridized carbons (Fsp3) is 0.429. The molecule has 1 fully saturated rings. The van der Waals surface area contributed by atoms with Gasteiger partial charge in [-0.25, -0.2) is 4.79 Å². The lowest BCUT2D eigenvalue weighted by Crippen LogP contribution is -2.35. The van der Waals surface area contributed by atoms with Crippen LogP contribution in [-0.4, -0.2) is 35.7 Å². The number of carbonyl (C=O) groups is 1. The fourth-order valence-electron chi connectivity index (χ4n) is 5.57. The van der Waals surface area contributed by atoms with Crippen molar-refractivity contribution in [2.45, 2.75) is 77.0 Å². The van der Waals surface area contributed by atoms with Crippen LogP contribution in [0.3, 0.4) is 0 Å². The smallest absolute Gasteiger partial charge is 0.411 e. The summed E-state index contributed by atoms with van der Waals surface area (Å²) in [5.74, 6) is 2.47. The van der Waals surface area contributed by atoms with Crippen molar-refractivity contribution in [1.29, 1.82) is 0 Å². The summed E-state index contributed by atoms with van der Waals surface area (Å²) in [5, 5.41) is 11.2. The van der Waals surface area contributed by atoms with Gasteiger partial charge in [-0.05, 0) is 87.8 Å². The number of aromatic nitrogens is 4. The lowest BCUT2D eigenvalue weighted by molar-refractivity contribution is 0.0214. The molecule has 0 spiro atoms. The monoisotopic (exact) mass is 535 g/mol. The number of hydrogen-bond donors (Lipinski definition) is 0. The molecule has 2 aliphatic rings. The molecule has 0 atom stereocenters. The Morgan fingerprint density at radius 2 is 1.78 bits per heavy atom. The van der Waals surface area contributed by atoms with Gasteiger partial charge < -0.3 is 4.74 Å². The molecule has 0 bridgehead atoms. The molecule has 6 rings (SSSR count). The average molecular weight is 536 g/mol. The highest BCUT2D eigenvalue weighted by atomic mass is 35.5. The molecular weight excluding hydrogens is 506 g/mol. The minimum atomic E-state index is -0.583. The standard InChI is InChI=1S/C28H30ClN5O2S/c1-28(2,3)36-27(35)33-15-19-14-20(29)12-13-22(19)34-24(16-33)30-31-26(34)18-10-8-17(9-11-18)25-21-6-4-5-7-23(21)37-32-25/h4-7,12-14,17-18H,8-11,15-16H2,1-3H3. The zero-order chi connectivity index (χ0) is 25.7. The molecule has 1 saturated carbocycles. The Bertz CT molecular complexity index is 1470. The number of benzene rings is 2. The van der Waals surface area contributed by atoms with Gasteiger partial charge in [-0.3, -0.25) is 9.47 Å². The van der Waals surface area contributed by atoms with E-state index in [1.165, 1.54) is 15.8 Å². The second-order valence-electron chi connectivity index (χ2n) is 11.0. The number of halogens is 1. The lowest BCUT2D eigenvalue weighted by Gasteiger charge is -2.27. The van der Waals surface area contributed by atoms with E-state index >= 15 is 0 Å². The highest BCUT2D eigenvalue weighted by molar-refractivity contribution is 7.13. The van der Waals surface area contributed by atoms with Gasteiger partial charge in [0.15, 0.2) is 5.82 Å². The Hall–Kier alpha value is -2.97. The minimum Gasteiger partial charge on any atom is -0.444 e. The van der Waals surface area contributed by atoms with Crippen LogP contribution in [0, 0.1) is 0 Å². The topological polar surface area (TPSA) is 73.1 Å². The van der Waals surface area contributed by atoms with E-state index in [1.54, 1.807) is 16.4 Å². The molecule has 192 valence electrons. The van der Waals surface area contributed by atoms with E-state index in [9.17, 15) is 4.79 Å². The lowest BCUT2D eigenvalue weighted by atomic mass is 9.79. The Morgan fingerprint density at radius 3 is 2.57 bits per heavy atom. The predicted molar refractivity (Wildman–Crippen MR) is 145 cm³/mol. The van der Waals surface area contributed by atoms with Crippen LogP contribution in [0.2, 0.25) is 5.02 Å². The summed E-state index contributed by atoms with van der Waals surface area (Å²) in [7, 11) is 0. The molecule has 0 unspecified atom stereocenters. The van der Waals surface area contributed by atoms with Crippen LogP contribution in [0.4, 0.5) is 4.79 Å². The van der Waals surface area contributed by atoms with Gasteiger partial charge >= 0.3 is 6.09 Å². The van der Waals surface area contributed by atoms with Gasteiger partial charge in [0.05, 0.1) is 29.2 Å². The van der Waals surface area contributed by atoms with Gasteiger partial charge in [0, 0.05) is 22.2 Å². The Labute approximate surface area is 225 Å². The maximum Gasteiger partial charge on any atom is 0.411 e. The number of ether oxygens (including phenoxy) is 1. The van der Waals surface area contributed by atoms with Gasteiger partial charge in [0.2, 0.25) is 0 Å². The van der Waals surface area contributed by atoms with E-state index in [-0.39, 0.29) is 6.09 Å². The van der Waals surface area contributed by atoms with E-state index in [0.29, 0.717) is 29.9 Å². The molecule has 1 amide bonds. The maximum atomic E-state index is 13.0. The molecule has 37 heavy (non-hydrogen) atoms. The Morgan fingerprint density at radius 1 is 1.03 bits per heavy atom. The normalized spacial score (nSPS) is 19.8. The Balaban J connectivity index is 1.29. The number of fused-ring (bicyclic) bond motifs is 4. The van der Waals surface area contributed by atoms with Gasteiger partial charge in [-0.1, -0.05) is 29.8 Å². The molecule has 7 nitrogen and oxygen atoms in total. The van der Waals surface area contributed by atoms with Crippen molar-refractivity contribution in [2.24, 2.45) is 0 Å². The summed E-state index contributed by atoms with van der Waals surface area (Å²) >= 11 is 7.98. The first-order chi connectivity index (χ1) is 17.8. The van der Waals surface area contributed by atoms with E-state index in [2.05, 4.69) is 39.0 Å². The van der Waals surface area contributed by atoms with E-state index in [0.717, 1.165) is 48.6 Å². The van der Waals surface area contributed by atoms with Crippen LogP contribution in [0.1, 0.15) is 81.2 Å². The summed E-state index contributed by atoms with van der Waals surface area (Å²) in [6.45, 7) is 6.35. The van der Waals surface area contributed by atoms with Crippen LogP contribution < -0.4 is 0 Å². The fourth-order valence-corrected chi connectivity index (χ4v) is 6.62. The van der Waals surface area contributed by atoms with Crippen LogP contribution in [0.15, 0.2) is 42.5 Å². The molecule has 3 heterocycles. The van der Waals surface area contributed by atoms with Gasteiger partial charge in [-0.2, -0.15) is 4.37 Å². The highest BCUT2D eigenvalue weighted by Gasteiger charge is 2.34. The summed E-state index contributed by atoms with van der Waals surface area (Å²) in [6.07, 6.45) is 3.81. The van der Waals surface area contributed by atoms with Crippen molar-refractivity contribution in [3.63, 3.8) is 0 Å². The first-order valence-corrected chi connectivity index (χ1v) is 14.0. The molecule has 4 aromatic rings. The van der Waals surface area contributed by atoms with Crippen LogP contribution >= 0.6 is 23.1 Å². The van der Waals surface area contributed by atoms with Crippen LogP contribution in [0.5, 0.6) is 0 Å². The molecule has 2 aromatic heterocycles. The van der Waals surface area contributed by atoms with Crippen LogP contribution in [-0.2, 0) is 17.8 Å². The van der Waals surface area contributed by atoms with E-state index in [4.69, 9.17) is 20.7 Å². The molecule has 0 radical (unpaired) electrons. The third-order valence-electron chi connectivity index (χ3n) is 7.27. The number of carbonyl (C=O) groups excluding carboxylic acids is 1. The Kier molecular flexibility index (Phi) is 6.19. The van der Waals surface area contributed by atoms with Crippen molar-refractivity contribution in [3.05, 3.63) is 70.4 Å². The first kappa shape index (κ1) is 24.4. The third-order valence-corrected chi connectivity index (χ3v) is 8.34. The SMILES string of the molecule is CC(C)(C)OC(=O)N1Cc2cc(Cl)ccc2-n2c(nnc2C2CCC(c3nsc4ccccc34)CC2)C1.